The topological polar surface area (TPSA) is 55.1 Å². The first-order chi connectivity index (χ1) is 7.50. The molecule has 1 aromatic rings. The maximum Gasteiger partial charge on any atom is 0.239 e. The highest BCUT2D eigenvalue weighted by atomic mass is 35.5. The van der Waals surface area contributed by atoms with Crippen LogP contribution < -0.4 is 11.1 Å². The van der Waals surface area contributed by atoms with Crippen LogP contribution in [0.5, 0.6) is 0 Å². The van der Waals surface area contributed by atoms with E-state index in [1.807, 2.05) is 12.1 Å². The summed E-state index contributed by atoms with van der Waals surface area (Å²) >= 11 is 5.88. The van der Waals surface area contributed by atoms with Crippen molar-refractivity contribution in [2.75, 3.05) is 6.54 Å². The van der Waals surface area contributed by atoms with Gasteiger partial charge in [0.25, 0.3) is 0 Å². The van der Waals surface area contributed by atoms with E-state index in [0.29, 0.717) is 10.9 Å². The molecule has 4 heteroatoms. The van der Waals surface area contributed by atoms with Gasteiger partial charge in [-0.1, -0.05) is 37.6 Å². The quantitative estimate of drug-likeness (QED) is 0.828. The average molecular weight is 241 g/mol. The number of nitrogens with one attached hydrogen (secondary N) is 1. The van der Waals surface area contributed by atoms with Crippen LogP contribution in [0, 0.1) is 5.92 Å². The SMILES string of the molecule is CC(C)CNC(C(N)=O)c1cccc(Cl)c1. The van der Waals surface area contributed by atoms with Crippen molar-refractivity contribution in [3.8, 4) is 0 Å². The lowest BCUT2D eigenvalue weighted by atomic mass is 10.1. The van der Waals surface area contributed by atoms with Gasteiger partial charge in [0.05, 0.1) is 0 Å². The Bertz CT molecular complexity index is 366. The highest BCUT2D eigenvalue weighted by Crippen LogP contribution is 2.17. The second-order valence-corrected chi connectivity index (χ2v) is 4.63. The molecule has 16 heavy (non-hydrogen) atoms. The van der Waals surface area contributed by atoms with Gasteiger partial charge in [0, 0.05) is 5.02 Å². The zero-order valence-corrected chi connectivity index (χ0v) is 10.3. The number of hydrogen-bond donors (Lipinski definition) is 2. The molecule has 0 aliphatic rings. The van der Waals surface area contributed by atoms with Crippen LogP contribution >= 0.6 is 11.6 Å². The van der Waals surface area contributed by atoms with E-state index in [0.717, 1.165) is 12.1 Å². The molecule has 0 radical (unpaired) electrons. The Kier molecular flexibility index (Phi) is 4.77. The number of hydrogen-bond acceptors (Lipinski definition) is 2. The minimum absolute atomic E-state index is 0.386. The molecule has 1 aromatic carbocycles. The molecule has 0 saturated heterocycles. The first-order valence-corrected chi connectivity index (χ1v) is 5.66. The molecule has 0 aromatic heterocycles. The number of carbonyl (C=O) groups excluding carboxylic acids is 1. The van der Waals surface area contributed by atoms with Crippen molar-refractivity contribution < 1.29 is 4.79 Å². The van der Waals surface area contributed by atoms with E-state index in [4.69, 9.17) is 17.3 Å². The van der Waals surface area contributed by atoms with Gasteiger partial charge in [-0.05, 0) is 30.2 Å². The van der Waals surface area contributed by atoms with Crippen molar-refractivity contribution in [3.63, 3.8) is 0 Å². The number of benzene rings is 1. The third kappa shape index (κ3) is 3.83. The molecular weight excluding hydrogens is 224 g/mol. The minimum Gasteiger partial charge on any atom is -0.368 e. The lowest BCUT2D eigenvalue weighted by Gasteiger charge is -2.17. The smallest absolute Gasteiger partial charge is 0.239 e. The average Bonchev–Trinajstić information content (AvgIpc) is 2.17. The third-order valence-corrected chi connectivity index (χ3v) is 2.43. The van der Waals surface area contributed by atoms with Gasteiger partial charge in [-0.15, -0.1) is 0 Å². The molecule has 3 nitrogen and oxygen atoms in total. The summed E-state index contributed by atoms with van der Waals surface area (Å²) < 4.78 is 0. The number of halogens is 1. The van der Waals surface area contributed by atoms with Crippen LogP contribution in [0.25, 0.3) is 0 Å². The number of amides is 1. The number of carbonyl (C=O) groups is 1. The van der Waals surface area contributed by atoms with E-state index in [9.17, 15) is 4.79 Å². The molecular formula is C12H17ClN2O. The third-order valence-electron chi connectivity index (χ3n) is 2.20. The summed E-state index contributed by atoms with van der Waals surface area (Å²) in [6.45, 7) is 4.88. The molecule has 0 fully saturated rings. The van der Waals surface area contributed by atoms with E-state index >= 15 is 0 Å². The van der Waals surface area contributed by atoms with E-state index in [2.05, 4.69) is 19.2 Å². The summed E-state index contributed by atoms with van der Waals surface area (Å²) in [6, 6.07) is 6.70. The Morgan fingerprint density at radius 1 is 1.50 bits per heavy atom. The van der Waals surface area contributed by atoms with Crippen molar-refractivity contribution >= 4 is 17.5 Å². The molecule has 1 amide bonds. The standard InChI is InChI=1S/C12H17ClN2O/c1-8(2)7-15-11(12(14)16)9-4-3-5-10(13)6-9/h3-6,8,11,15H,7H2,1-2H3,(H2,14,16). The Hall–Kier alpha value is -1.06. The number of rotatable bonds is 5. The molecule has 1 unspecified atom stereocenters. The number of nitrogens with two attached hydrogens (primary N) is 1. The predicted molar refractivity (Wildman–Crippen MR) is 66.2 cm³/mol. The van der Waals surface area contributed by atoms with Crippen LogP contribution in [0.3, 0.4) is 0 Å². The first kappa shape index (κ1) is 13.0. The first-order valence-electron chi connectivity index (χ1n) is 5.29. The molecule has 0 spiro atoms. The van der Waals surface area contributed by atoms with Gasteiger partial charge < -0.3 is 11.1 Å². The second-order valence-electron chi connectivity index (χ2n) is 4.19. The zero-order valence-electron chi connectivity index (χ0n) is 9.53. The monoisotopic (exact) mass is 240 g/mol. The van der Waals surface area contributed by atoms with E-state index in [-0.39, 0.29) is 5.91 Å². The van der Waals surface area contributed by atoms with Crippen molar-refractivity contribution in [1.82, 2.24) is 5.32 Å². The van der Waals surface area contributed by atoms with Crippen LogP contribution in [0.2, 0.25) is 5.02 Å². The lowest BCUT2D eigenvalue weighted by molar-refractivity contribution is -0.120. The largest absolute Gasteiger partial charge is 0.368 e. The van der Waals surface area contributed by atoms with Crippen LogP contribution in [-0.2, 0) is 4.79 Å². The molecule has 0 bridgehead atoms. The summed E-state index contributed by atoms with van der Waals surface area (Å²) in [4.78, 5) is 11.3. The van der Waals surface area contributed by atoms with Crippen molar-refractivity contribution in [2.24, 2.45) is 11.7 Å². The Balaban J connectivity index is 2.81. The Morgan fingerprint density at radius 3 is 2.69 bits per heavy atom. The van der Waals surface area contributed by atoms with Gasteiger partial charge in [-0.25, -0.2) is 0 Å². The maximum atomic E-state index is 11.3. The highest BCUT2D eigenvalue weighted by molar-refractivity contribution is 6.30. The molecule has 1 atom stereocenters. The molecule has 0 saturated carbocycles. The van der Waals surface area contributed by atoms with Crippen LogP contribution in [-0.4, -0.2) is 12.5 Å². The van der Waals surface area contributed by atoms with E-state index < -0.39 is 6.04 Å². The molecule has 0 heterocycles. The zero-order chi connectivity index (χ0) is 12.1. The van der Waals surface area contributed by atoms with Gasteiger partial charge in [0.15, 0.2) is 0 Å². The maximum absolute atomic E-state index is 11.3. The van der Waals surface area contributed by atoms with E-state index in [1.54, 1.807) is 12.1 Å². The van der Waals surface area contributed by atoms with Gasteiger partial charge >= 0.3 is 0 Å². The predicted octanol–water partition coefficient (Wildman–Crippen LogP) is 2.11. The fraction of sp³-hybridized carbons (Fsp3) is 0.417. The minimum atomic E-state index is -0.471. The summed E-state index contributed by atoms with van der Waals surface area (Å²) in [5, 5.41) is 3.74. The highest BCUT2D eigenvalue weighted by Gasteiger charge is 2.17. The van der Waals surface area contributed by atoms with Gasteiger partial charge in [-0.2, -0.15) is 0 Å². The lowest BCUT2D eigenvalue weighted by Crippen LogP contribution is -2.35. The van der Waals surface area contributed by atoms with Crippen molar-refractivity contribution in [1.29, 1.82) is 0 Å². The molecule has 1 rings (SSSR count). The van der Waals surface area contributed by atoms with Gasteiger partial charge in [0.2, 0.25) is 5.91 Å². The second kappa shape index (κ2) is 5.87. The van der Waals surface area contributed by atoms with Crippen molar-refractivity contribution in [2.45, 2.75) is 19.9 Å². The van der Waals surface area contributed by atoms with Gasteiger partial charge in [-0.3, -0.25) is 4.79 Å². The number of primary amides is 1. The molecule has 0 aliphatic heterocycles. The van der Waals surface area contributed by atoms with Gasteiger partial charge in [0.1, 0.15) is 6.04 Å². The van der Waals surface area contributed by atoms with E-state index in [1.165, 1.54) is 0 Å². The van der Waals surface area contributed by atoms with Crippen molar-refractivity contribution in [3.05, 3.63) is 34.9 Å². The summed E-state index contributed by atoms with van der Waals surface area (Å²) in [6.07, 6.45) is 0. The van der Waals surface area contributed by atoms with Crippen LogP contribution in [0.4, 0.5) is 0 Å². The summed E-state index contributed by atoms with van der Waals surface area (Å²) in [5.41, 5.74) is 6.17. The van der Waals surface area contributed by atoms with Crippen LogP contribution in [0.15, 0.2) is 24.3 Å². The molecule has 0 aliphatic carbocycles. The molecule has 88 valence electrons. The summed E-state index contributed by atoms with van der Waals surface area (Å²) in [7, 11) is 0. The fourth-order valence-corrected chi connectivity index (χ4v) is 1.62. The van der Waals surface area contributed by atoms with Crippen LogP contribution in [0.1, 0.15) is 25.5 Å². The summed E-state index contributed by atoms with van der Waals surface area (Å²) in [5.74, 6) is 0.0731. The Morgan fingerprint density at radius 2 is 2.19 bits per heavy atom. The Labute approximate surface area is 101 Å². The molecule has 3 N–H and O–H groups in total. The fourth-order valence-electron chi connectivity index (χ4n) is 1.42. The normalized spacial score (nSPS) is 12.8.